The van der Waals surface area contributed by atoms with E-state index in [1.54, 1.807) is 25.6 Å². The Hall–Kier alpha value is -2.55. The van der Waals surface area contributed by atoms with Crippen LogP contribution in [0.25, 0.3) is 5.78 Å². The molecule has 0 unspecified atom stereocenters. The molecule has 5 rings (SSSR count). The maximum absolute atomic E-state index is 13.0. The Balaban J connectivity index is 0.00000205. The van der Waals surface area contributed by atoms with Crippen LogP contribution in [0.2, 0.25) is 0 Å². The van der Waals surface area contributed by atoms with E-state index in [-0.39, 0.29) is 41.7 Å². The van der Waals surface area contributed by atoms with Crippen molar-refractivity contribution >= 4 is 24.1 Å². The highest BCUT2D eigenvalue weighted by Crippen LogP contribution is 2.51. The summed E-state index contributed by atoms with van der Waals surface area (Å²) in [6, 6.07) is 9.84. The molecule has 0 radical (unpaired) electrons. The highest BCUT2D eigenvalue weighted by molar-refractivity contribution is 5.91. The van der Waals surface area contributed by atoms with E-state index in [4.69, 9.17) is 4.74 Å². The van der Waals surface area contributed by atoms with Gasteiger partial charge in [-0.3, -0.25) is 4.79 Å². The first-order valence-corrected chi connectivity index (χ1v) is 9.54. The molecule has 1 fully saturated rings. The minimum atomic E-state index is -0.321. The molecule has 1 spiro atoms. The van der Waals surface area contributed by atoms with Crippen LogP contribution < -0.4 is 10.6 Å². The molecule has 152 valence electrons. The lowest BCUT2D eigenvalue weighted by Gasteiger charge is -2.40. The van der Waals surface area contributed by atoms with Crippen molar-refractivity contribution in [2.75, 3.05) is 20.2 Å². The number of aromatic nitrogens is 4. The normalized spacial score (nSPS) is 22.2. The van der Waals surface area contributed by atoms with Crippen LogP contribution in [0.15, 0.2) is 42.7 Å². The van der Waals surface area contributed by atoms with Gasteiger partial charge in [-0.1, -0.05) is 24.3 Å². The number of hydrogen-bond acceptors (Lipinski definition) is 6. The van der Waals surface area contributed by atoms with Gasteiger partial charge in [-0.2, -0.15) is 4.98 Å². The molecule has 2 aliphatic rings. The third kappa shape index (κ3) is 3.08. The Kier molecular flexibility index (Phi) is 5.24. The zero-order valence-corrected chi connectivity index (χ0v) is 16.9. The van der Waals surface area contributed by atoms with Crippen molar-refractivity contribution in [3.8, 4) is 0 Å². The lowest BCUT2D eigenvalue weighted by Crippen LogP contribution is -2.49. The monoisotopic (exact) mass is 414 g/mol. The largest absolute Gasteiger partial charge is 0.378 e. The summed E-state index contributed by atoms with van der Waals surface area (Å²) in [5.41, 5.74) is 2.30. The summed E-state index contributed by atoms with van der Waals surface area (Å²) in [4.78, 5) is 21.3. The van der Waals surface area contributed by atoms with Gasteiger partial charge in [0.05, 0.1) is 12.1 Å². The second kappa shape index (κ2) is 7.70. The van der Waals surface area contributed by atoms with Crippen LogP contribution >= 0.6 is 12.4 Å². The van der Waals surface area contributed by atoms with Gasteiger partial charge in [0.2, 0.25) is 5.82 Å². The molecular formula is C20H23ClN6O2. The summed E-state index contributed by atoms with van der Waals surface area (Å²) in [6.07, 6.45) is 5.17. The van der Waals surface area contributed by atoms with E-state index in [0.717, 1.165) is 31.5 Å². The highest BCUT2D eigenvalue weighted by atomic mass is 35.5. The molecule has 8 nitrogen and oxygen atoms in total. The number of benzene rings is 1. The van der Waals surface area contributed by atoms with E-state index >= 15 is 0 Å². The van der Waals surface area contributed by atoms with Crippen LogP contribution in [0.1, 0.15) is 40.6 Å². The Bertz CT molecular complexity index is 999. The van der Waals surface area contributed by atoms with Crippen LogP contribution in [0, 0.1) is 0 Å². The van der Waals surface area contributed by atoms with Crippen LogP contribution in [0.5, 0.6) is 0 Å². The molecule has 2 aromatic heterocycles. The van der Waals surface area contributed by atoms with Crippen molar-refractivity contribution in [3.63, 3.8) is 0 Å². The van der Waals surface area contributed by atoms with Crippen molar-refractivity contribution in [3.05, 3.63) is 59.7 Å². The molecule has 2 N–H and O–H groups in total. The van der Waals surface area contributed by atoms with E-state index in [2.05, 4.69) is 43.9 Å². The van der Waals surface area contributed by atoms with Crippen molar-refractivity contribution in [1.29, 1.82) is 0 Å². The predicted octanol–water partition coefficient (Wildman–Crippen LogP) is 1.67. The number of halogens is 1. The fourth-order valence-corrected chi connectivity index (χ4v) is 4.83. The van der Waals surface area contributed by atoms with E-state index in [1.165, 1.54) is 10.1 Å². The van der Waals surface area contributed by atoms with Crippen LogP contribution in [0.4, 0.5) is 0 Å². The topological polar surface area (TPSA) is 93.4 Å². The molecule has 9 heteroatoms. The number of fused-ring (bicyclic) bond motifs is 3. The number of carbonyl (C=O) groups is 1. The average molecular weight is 415 g/mol. The number of hydrogen-bond donors (Lipinski definition) is 2. The number of ether oxygens (including phenoxy) is 1. The van der Waals surface area contributed by atoms with Crippen molar-refractivity contribution < 1.29 is 9.53 Å². The van der Waals surface area contributed by atoms with E-state index in [1.807, 2.05) is 6.07 Å². The van der Waals surface area contributed by atoms with Gasteiger partial charge in [0.25, 0.3) is 11.7 Å². The molecule has 3 aromatic rings. The van der Waals surface area contributed by atoms with Gasteiger partial charge in [-0.05, 0) is 43.1 Å². The predicted molar refractivity (Wildman–Crippen MR) is 109 cm³/mol. The first kappa shape index (κ1) is 19.8. The summed E-state index contributed by atoms with van der Waals surface area (Å²) in [5.74, 6) is 0.188. The Morgan fingerprint density at radius 2 is 2.07 bits per heavy atom. The van der Waals surface area contributed by atoms with Gasteiger partial charge in [-0.25, -0.2) is 9.50 Å². The van der Waals surface area contributed by atoms with Gasteiger partial charge in [-0.15, -0.1) is 17.5 Å². The molecule has 2 atom stereocenters. The minimum Gasteiger partial charge on any atom is -0.378 e. The molecule has 1 aromatic carbocycles. The summed E-state index contributed by atoms with van der Waals surface area (Å²) in [7, 11) is 1.73. The fourth-order valence-electron chi connectivity index (χ4n) is 4.83. The average Bonchev–Trinajstić information content (AvgIpc) is 3.27. The first-order chi connectivity index (χ1) is 13.7. The molecule has 1 saturated heterocycles. The zero-order valence-electron chi connectivity index (χ0n) is 16.0. The van der Waals surface area contributed by atoms with E-state index in [9.17, 15) is 4.79 Å². The van der Waals surface area contributed by atoms with Crippen molar-refractivity contribution in [1.82, 2.24) is 30.2 Å². The van der Waals surface area contributed by atoms with Gasteiger partial charge in [0, 0.05) is 24.9 Å². The zero-order chi connectivity index (χ0) is 19.1. The quantitative estimate of drug-likeness (QED) is 0.677. The smallest absolute Gasteiger partial charge is 0.291 e. The van der Waals surface area contributed by atoms with Crippen molar-refractivity contribution in [2.45, 2.75) is 30.4 Å². The molecule has 1 aliphatic heterocycles. The number of nitrogens with one attached hydrogen (secondary N) is 2. The standard InChI is InChI=1S/C20H22N6O2.ClH/c1-28-16-15(23-18(27)17-24-19-22-9-4-12-26(19)25-17)13-5-2-3-6-14(13)20(16)7-10-21-11-8-20;/h2-6,9,12,15-16,21H,7-8,10-11H2,1H3,(H,23,27);1H/t15-,16+;/m1./s1. The molecular weight excluding hydrogens is 392 g/mol. The second-order valence-corrected chi connectivity index (χ2v) is 7.40. The molecule has 0 bridgehead atoms. The maximum Gasteiger partial charge on any atom is 0.291 e. The van der Waals surface area contributed by atoms with E-state index in [0.29, 0.717) is 5.78 Å². The third-order valence-electron chi connectivity index (χ3n) is 6.04. The van der Waals surface area contributed by atoms with Gasteiger partial charge in [0.1, 0.15) is 0 Å². The molecule has 29 heavy (non-hydrogen) atoms. The van der Waals surface area contributed by atoms with Gasteiger partial charge >= 0.3 is 0 Å². The number of carbonyl (C=O) groups excluding carboxylic acids is 1. The van der Waals surface area contributed by atoms with Crippen LogP contribution in [0.3, 0.4) is 0 Å². The van der Waals surface area contributed by atoms with Crippen molar-refractivity contribution in [2.24, 2.45) is 0 Å². The number of amides is 1. The number of nitrogens with zero attached hydrogens (tertiary/aromatic N) is 4. The first-order valence-electron chi connectivity index (χ1n) is 9.54. The summed E-state index contributed by atoms with van der Waals surface area (Å²) >= 11 is 0. The number of rotatable bonds is 3. The number of piperidine rings is 1. The van der Waals surface area contributed by atoms with Crippen LogP contribution in [-0.4, -0.2) is 51.8 Å². The lowest BCUT2D eigenvalue weighted by atomic mass is 9.72. The van der Waals surface area contributed by atoms with E-state index < -0.39 is 0 Å². The molecule has 0 saturated carbocycles. The van der Waals surface area contributed by atoms with Crippen LogP contribution in [-0.2, 0) is 10.2 Å². The Morgan fingerprint density at radius 1 is 1.28 bits per heavy atom. The van der Waals surface area contributed by atoms with Gasteiger partial charge in [0.15, 0.2) is 0 Å². The van der Waals surface area contributed by atoms with Gasteiger partial charge < -0.3 is 15.4 Å². The summed E-state index contributed by atoms with van der Waals surface area (Å²) < 4.78 is 7.49. The summed E-state index contributed by atoms with van der Waals surface area (Å²) in [6.45, 7) is 1.88. The molecule has 3 heterocycles. The highest BCUT2D eigenvalue weighted by Gasteiger charge is 2.53. The second-order valence-electron chi connectivity index (χ2n) is 7.40. The fraction of sp³-hybridized carbons (Fsp3) is 0.400. The molecule has 1 amide bonds. The Labute approximate surface area is 174 Å². The maximum atomic E-state index is 13.0. The number of methoxy groups -OCH3 is 1. The summed E-state index contributed by atoms with van der Waals surface area (Å²) in [5, 5.41) is 10.8. The minimum absolute atomic E-state index is 0. The lowest BCUT2D eigenvalue weighted by molar-refractivity contribution is 0.00387. The third-order valence-corrected chi connectivity index (χ3v) is 6.04. The SMILES string of the molecule is CO[C@H]1[C@H](NC(=O)c2nc3ncccn3n2)c2ccccc2C12CCNCC2.Cl. The Morgan fingerprint density at radius 3 is 2.83 bits per heavy atom. The molecule has 1 aliphatic carbocycles.